The maximum Gasteiger partial charge on any atom is 0.350 e. The molecule has 11 nitrogen and oxygen atoms in total. The Bertz CT molecular complexity index is 1460. The first-order valence-electron chi connectivity index (χ1n) is 11.6. The number of carbonyl (C=O) groups excluding carboxylic acids is 1. The van der Waals surface area contributed by atoms with Crippen LogP contribution in [0.3, 0.4) is 0 Å². The van der Waals surface area contributed by atoms with Gasteiger partial charge in [0.05, 0.1) is 0 Å². The fourth-order valence-corrected chi connectivity index (χ4v) is 3.80. The summed E-state index contributed by atoms with van der Waals surface area (Å²) in [6.07, 6.45) is 3.56. The molecular formula is C26H28N8O3. The third kappa shape index (κ3) is 6.07. The van der Waals surface area contributed by atoms with Gasteiger partial charge in [-0.15, -0.1) is 9.78 Å². The van der Waals surface area contributed by atoms with Crippen molar-refractivity contribution in [3.05, 3.63) is 99.5 Å². The summed E-state index contributed by atoms with van der Waals surface area (Å²) in [4.78, 5) is 37.4. The van der Waals surface area contributed by atoms with Crippen molar-refractivity contribution in [2.24, 2.45) is 5.73 Å². The molecule has 1 atom stereocenters. The second-order valence-electron chi connectivity index (χ2n) is 8.80. The average molecular weight is 501 g/mol. The number of aromatic nitrogens is 5. The van der Waals surface area contributed by atoms with Crippen molar-refractivity contribution in [1.29, 1.82) is 5.41 Å². The van der Waals surface area contributed by atoms with E-state index in [0.717, 1.165) is 21.4 Å². The van der Waals surface area contributed by atoms with Gasteiger partial charge >= 0.3 is 5.69 Å². The summed E-state index contributed by atoms with van der Waals surface area (Å²) in [5, 5.41) is 12.2. The van der Waals surface area contributed by atoms with Crippen molar-refractivity contribution in [2.75, 3.05) is 20.7 Å². The van der Waals surface area contributed by atoms with Crippen LogP contribution in [-0.4, -0.2) is 62.1 Å². The molecule has 0 fully saturated rings. The average Bonchev–Trinajstić information content (AvgIpc) is 3.27. The molecule has 0 aliphatic carbocycles. The number of amides is 1. The van der Waals surface area contributed by atoms with Crippen molar-refractivity contribution in [3.8, 4) is 11.7 Å². The van der Waals surface area contributed by atoms with E-state index < -0.39 is 5.69 Å². The lowest BCUT2D eigenvalue weighted by Crippen LogP contribution is -2.27. The number of carbonyl (C=O) groups is 1. The molecule has 4 aromatic rings. The number of likely N-dealkylation sites (N-methyl/N-ethyl adjacent to an activating group) is 1. The summed E-state index contributed by atoms with van der Waals surface area (Å²) in [6, 6.07) is 14.7. The Kier molecular flexibility index (Phi) is 7.42. The number of aryl methyl sites for hydroxylation is 1. The Morgan fingerprint density at radius 2 is 1.86 bits per heavy atom. The number of nitrogens with two attached hydrogens (primary N) is 1. The fourth-order valence-electron chi connectivity index (χ4n) is 3.80. The monoisotopic (exact) mass is 500 g/mol. The number of aromatic amines is 1. The highest BCUT2D eigenvalue weighted by Crippen LogP contribution is 2.30. The second-order valence-corrected chi connectivity index (χ2v) is 8.80. The summed E-state index contributed by atoms with van der Waals surface area (Å²) in [5.41, 5.74) is 8.49. The fraction of sp³-hybridized carbons (Fsp3) is 0.231. The Balaban J connectivity index is 1.74. The number of hydrogen-bond acceptors (Lipinski definition) is 7. The molecule has 0 spiro atoms. The van der Waals surface area contributed by atoms with Gasteiger partial charge in [-0.1, -0.05) is 30.3 Å². The standard InChI is InChI=1S/C26H28N8O3/c1-16-11-19(14-20(12-16)37-15-22(35)33(2)3)21(13-17-5-7-18(8-6-17)23(27)28)24-31-26(36)34(32-24)25-29-9-4-10-30-25/h4-12,14,21H,13,15H2,1-3H3,(H3,27,28)(H,31,32,36). The van der Waals surface area contributed by atoms with E-state index in [-0.39, 0.29) is 30.2 Å². The molecule has 37 heavy (non-hydrogen) atoms. The van der Waals surface area contributed by atoms with Crippen molar-refractivity contribution < 1.29 is 9.53 Å². The summed E-state index contributed by atoms with van der Waals surface area (Å²) < 4.78 is 6.91. The van der Waals surface area contributed by atoms with Gasteiger partial charge < -0.3 is 15.4 Å². The van der Waals surface area contributed by atoms with E-state index in [4.69, 9.17) is 15.9 Å². The first kappa shape index (κ1) is 25.3. The van der Waals surface area contributed by atoms with Gasteiger partial charge in [-0.25, -0.2) is 14.8 Å². The summed E-state index contributed by atoms with van der Waals surface area (Å²) in [6.45, 7) is 1.84. The molecule has 0 aliphatic heterocycles. The zero-order valence-corrected chi connectivity index (χ0v) is 20.8. The number of nitrogens with one attached hydrogen (secondary N) is 2. The van der Waals surface area contributed by atoms with Crippen molar-refractivity contribution >= 4 is 11.7 Å². The van der Waals surface area contributed by atoms with E-state index in [1.54, 1.807) is 32.3 Å². The number of benzene rings is 2. The number of rotatable bonds is 9. The van der Waals surface area contributed by atoms with Crippen LogP contribution in [0.1, 0.15) is 34.0 Å². The Morgan fingerprint density at radius 1 is 1.16 bits per heavy atom. The van der Waals surface area contributed by atoms with E-state index in [0.29, 0.717) is 23.6 Å². The Hall–Kier alpha value is -4.80. The maximum atomic E-state index is 12.8. The van der Waals surface area contributed by atoms with E-state index in [1.165, 1.54) is 17.3 Å². The van der Waals surface area contributed by atoms with Gasteiger partial charge in [0.1, 0.15) is 17.4 Å². The number of amidine groups is 1. The smallest absolute Gasteiger partial charge is 0.350 e. The van der Waals surface area contributed by atoms with Gasteiger partial charge in [0, 0.05) is 38.0 Å². The number of nitrogens with zero attached hydrogens (tertiary/aromatic N) is 5. The molecule has 0 bridgehead atoms. The highest BCUT2D eigenvalue weighted by molar-refractivity contribution is 5.94. The van der Waals surface area contributed by atoms with E-state index >= 15 is 0 Å². The van der Waals surface area contributed by atoms with Gasteiger partial charge in [-0.2, -0.15) is 0 Å². The van der Waals surface area contributed by atoms with Gasteiger partial charge in [-0.05, 0) is 48.2 Å². The van der Waals surface area contributed by atoms with Gasteiger partial charge in [0.2, 0.25) is 0 Å². The van der Waals surface area contributed by atoms with Crippen LogP contribution in [0.5, 0.6) is 5.75 Å². The topological polar surface area (TPSA) is 156 Å². The van der Waals surface area contributed by atoms with E-state index in [9.17, 15) is 9.59 Å². The van der Waals surface area contributed by atoms with E-state index in [1.807, 2.05) is 37.3 Å². The predicted octanol–water partition coefficient (Wildman–Crippen LogP) is 1.78. The molecule has 2 aromatic heterocycles. The van der Waals surface area contributed by atoms with Crippen LogP contribution in [0.2, 0.25) is 0 Å². The number of hydrogen-bond donors (Lipinski definition) is 3. The zero-order chi connectivity index (χ0) is 26.5. The largest absolute Gasteiger partial charge is 0.484 e. The summed E-state index contributed by atoms with van der Waals surface area (Å²) >= 11 is 0. The van der Waals surface area contributed by atoms with Gasteiger partial charge in [0.15, 0.2) is 6.61 Å². The van der Waals surface area contributed by atoms with Crippen LogP contribution >= 0.6 is 0 Å². The molecule has 2 aromatic carbocycles. The number of ether oxygens (including phenoxy) is 1. The molecule has 190 valence electrons. The van der Waals surface area contributed by atoms with Crippen molar-refractivity contribution in [2.45, 2.75) is 19.3 Å². The quantitative estimate of drug-likeness (QED) is 0.234. The minimum absolute atomic E-state index is 0.0122. The molecule has 4 rings (SSSR count). The SMILES string of the molecule is Cc1cc(OCC(=O)N(C)C)cc(C(Cc2ccc(C(=N)N)cc2)c2nn(-c3ncccn3)c(=O)[nH]2)c1. The summed E-state index contributed by atoms with van der Waals surface area (Å²) in [5.74, 6) is 0.588. The Morgan fingerprint density at radius 3 is 2.51 bits per heavy atom. The van der Waals surface area contributed by atoms with Gasteiger partial charge in [-0.3, -0.25) is 15.2 Å². The van der Waals surface area contributed by atoms with Crippen LogP contribution in [0.15, 0.2) is 65.7 Å². The Labute approximate surface area is 213 Å². The highest BCUT2D eigenvalue weighted by Gasteiger charge is 2.23. The highest BCUT2D eigenvalue weighted by atomic mass is 16.5. The van der Waals surface area contributed by atoms with Crippen LogP contribution in [0.25, 0.3) is 5.95 Å². The van der Waals surface area contributed by atoms with E-state index in [2.05, 4.69) is 20.1 Å². The molecule has 0 aliphatic rings. The molecule has 0 saturated carbocycles. The summed E-state index contributed by atoms with van der Waals surface area (Å²) in [7, 11) is 3.34. The lowest BCUT2D eigenvalue weighted by atomic mass is 9.90. The molecule has 11 heteroatoms. The third-order valence-electron chi connectivity index (χ3n) is 5.75. The minimum atomic E-state index is -0.459. The third-order valence-corrected chi connectivity index (χ3v) is 5.75. The molecule has 4 N–H and O–H groups in total. The van der Waals surface area contributed by atoms with Gasteiger partial charge in [0.25, 0.3) is 11.9 Å². The minimum Gasteiger partial charge on any atom is -0.484 e. The van der Waals surface area contributed by atoms with Crippen LogP contribution in [0.4, 0.5) is 0 Å². The normalized spacial score (nSPS) is 11.6. The van der Waals surface area contributed by atoms with Crippen LogP contribution in [-0.2, 0) is 11.2 Å². The number of nitrogen functional groups attached to an aromatic ring is 1. The first-order chi connectivity index (χ1) is 17.7. The molecular weight excluding hydrogens is 472 g/mol. The van der Waals surface area contributed by atoms with Crippen molar-refractivity contribution in [3.63, 3.8) is 0 Å². The van der Waals surface area contributed by atoms with Crippen molar-refractivity contribution in [1.82, 2.24) is 29.6 Å². The maximum absolute atomic E-state index is 12.8. The molecule has 1 unspecified atom stereocenters. The lowest BCUT2D eigenvalue weighted by molar-refractivity contribution is -0.130. The van der Waals surface area contributed by atoms with Crippen LogP contribution in [0, 0.1) is 12.3 Å². The molecule has 1 amide bonds. The molecule has 0 radical (unpaired) electrons. The lowest BCUT2D eigenvalue weighted by Gasteiger charge is -2.18. The first-order valence-corrected chi connectivity index (χ1v) is 11.6. The molecule has 0 saturated heterocycles. The molecule has 2 heterocycles. The predicted molar refractivity (Wildman–Crippen MR) is 138 cm³/mol. The van der Waals surface area contributed by atoms with Crippen LogP contribution < -0.4 is 16.2 Å². The number of H-pyrrole nitrogens is 1. The second kappa shape index (κ2) is 10.9. The zero-order valence-electron chi connectivity index (χ0n) is 20.8.